The topological polar surface area (TPSA) is 82.1 Å². The van der Waals surface area contributed by atoms with Crippen LogP contribution in [0, 0.1) is 0 Å². The predicted molar refractivity (Wildman–Crippen MR) is 93.1 cm³/mol. The van der Waals surface area contributed by atoms with Crippen LogP contribution in [-0.4, -0.2) is 68.4 Å². The highest BCUT2D eigenvalue weighted by Crippen LogP contribution is 2.17. The van der Waals surface area contributed by atoms with E-state index in [4.69, 9.17) is 0 Å². The molecule has 3 heterocycles. The van der Waals surface area contributed by atoms with Crippen molar-refractivity contribution in [1.82, 2.24) is 15.1 Å². The number of sulfonamides is 1. The molecule has 0 aromatic carbocycles. The third-order valence-electron chi connectivity index (χ3n) is 4.49. The molecule has 0 aliphatic carbocycles. The highest BCUT2D eigenvalue weighted by molar-refractivity contribution is 7.90. The van der Waals surface area contributed by atoms with Gasteiger partial charge in [-0.2, -0.15) is 0 Å². The van der Waals surface area contributed by atoms with Gasteiger partial charge in [0.2, 0.25) is 0 Å². The van der Waals surface area contributed by atoms with Crippen molar-refractivity contribution in [2.45, 2.75) is 25.7 Å². The van der Waals surface area contributed by atoms with Crippen molar-refractivity contribution in [3.05, 3.63) is 23.9 Å². The Morgan fingerprint density at radius 2 is 2.00 bits per heavy atom. The molecule has 1 N–H and O–H groups in total. The lowest BCUT2D eigenvalue weighted by Gasteiger charge is -2.28. The molecule has 3 rings (SSSR count). The van der Waals surface area contributed by atoms with Crippen LogP contribution in [0.25, 0.3) is 0 Å². The van der Waals surface area contributed by atoms with E-state index in [0.29, 0.717) is 18.7 Å². The summed E-state index contributed by atoms with van der Waals surface area (Å²) in [5.41, 5.74) is 0.318. The van der Waals surface area contributed by atoms with E-state index < -0.39 is 10.0 Å². The highest BCUT2D eigenvalue weighted by Gasteiger charge is 2.29. The first-order valence-electron chi connectivity index (χ1n) is 8.54. The number of carbonyl (C=O) groups is 1. The first-order valence-corrected chi connectivity index (χ1v) is 10.1. The summed E-state index contributed by atoms with van der Waals surface area (Å²) >= 11 is 0. The van der Waals surface area contributed by atoms with Crippen LogP contribution in [0.4, 0.5) is 0 Å². The molecule has 3 aliphatic heterocycles. The van der Waals surface area contributed by atoms with Crippen molar-refractivity contribution in [1.29, 1.82) is 0 Å². The lowest BCUT2D eigenvalue weighted by Crippen LogP contribution is -2.42. The van der Waals surface area contributed by atoms with Crippen molar-refractivity contribution in [2.24, 2.45) is 4.40 Å². The summed E-state index contributed by atoms with van der Waals surface area (Å²) < 4.78 is 27.2. The average molecular weight is 352 g/mol. The number of nitrogens with zero attached hydrogens (tertiary/aromatic N) is 3. The van der Waals surface area contributed by atoms with E-state index >= 15 is 0 Å². The molecule has 0 radical (unpaired) electrons. The van der Waals surface area contributed by atoms with Crippen LogP contribution >= 0.6 is 0 Å². The molecule has 0 atom stereocenters. The molecule has 3 aliphatic rings. The van der Waals surface area contributed by atoms with Crippen LogP contribution in [0.5, 0.6) is 0 Å². The minimum atomic E-state index is -3.47. The van der Waals surface area contributed by atoms with Gasteiger partial charge in [-0.1, -0.05) is 6.42 Å². The summed E-state index contributed by atoms with van der Waals surface area (Å²) in [6.07, 6.45) is 9.85. The van der Waals surface area contributed by atoms with Crippen molar-refractivity contribution < 1.29 is 13.2 Å². The van der Waals surface area contributed by atoms with Crippen LogP contribution < -0.4 is 5.32 Å². The minimum Gasteiger partial charge on any atom is -0.352 e. The minimum absolute atomic E-state index is 0.0222. The second kappa shape index (κ2) is 7.48. The van der Waals surface area contributed by atoms with Gasteiger partial charge >= 0.3 is 0 Å². The molecule has 1 saturated heterocycles. The van der Waals surface area contributed by atoms with Gasteiger partial charge in [0.15, 0.2) is 5.84 Å². The smallest absolute Gasteiger partial charge is 0.256 e. The van der Waals surface area contributed by atoms with Crippen LogP contribution in [-0.2, 0) is 14.8 Å². The Morgan fingerprint density at radius 1 is 1.21 bits per heavy atom. The number of allylic oxidation sites excluding steroid dienone is 2. The molecule has 0 aromatic rings. The lowest BCUT2D eigenvalue weighted by molar-refractivity contribution is -0.117. The van der Waals surface area contributed by atoms with E-state index in [2.05, 4.69) is 14.6 Å². The fourth-order valence-electron chi connectivity index (χ4n) is 3.18. The first kappa shape index (κ1) is 17.2. The summed E-state index contributed by atoms with van der Waals surface area (Å²) in [6, 6.07) is 0. The molecule has 0 spiro atoms. The second-order valence-corrected chi connectivity index (χ2v) is 8.08. The number of nitrogens with one attached hydrogen (secondary N) is 1. The summed E-state index contributed by atoms with van der Waals surface area (Å²) in [5.74, 6) is -0.0536. The Hall–Kier alpha value is -1.67. The Balaban J connectivity index is 1.53. The van der Waals surface area contributed by atoms with Crippen molar-refractivity contribution >= 4 is 21.8 Å². The molecule has 0 bridgehead atoms. The zero-order valence-electron chi connectivity index (χ0n) is 13.8. The number of amides is 1. The molecular weight excluding hydrogens is 328 g/mol. The summed E-state index contributed by atoms with van der Waals surface area (Å²) in [6.45, 7) is 4.19. The van der Waals surface area contributed by atoms with Gasteiger partial charge < -0.3 is 15.1 Å². The maximum atomic E-state index is 12.4. The number of rotatable bonds is 5. The SMILES string of the molecule is O=C(NCCCN1CCCCC1)C1=CC=CN2CCS(=O)(=O)N=C12. The van der Waals surface area contributed by atoms with E-state index in [0.717, 1.165) is 26.1 Å². The van der Waals surface area contributed by atoms with E-state index in [-0.39, 0.29) is 17.5 Å². The molecule has 8 heteroatoms. The highest BCUT2D eigenvalue weighted by atomic mass is 32.2. The number of amidine groups is 1. The fraction of sp³-hybridized carbons (Fsp3) is 0.625. The predicted octanol–water partition coefficient (Wildman–Crippen LogP) is 0.476. The van der Waals surface area contributed by atoms with Gasteiger partial charge in [-0.25, -0.2) is 8.42 Å². The Kier molecular flexibility index (Phi) is 5.35. The van der Waals surface area contributed by atoms with Crippen molar-refractivity contribution in [2.75, 3.05) is 38.5 Å². The monoisotopic (exact) mass is 352 g/mol. The third kappa shape index (κ3) is 4.24. The number of carbonyl (C=O) groups excluding carboxylic acids is 1. The van der Waals surface area contributed by atoms with Crippen LogP contribution in [0.1, 0.15) is 25.7 Å². The fourth-order valence-corrected chi connectivity index (χ4v) is 4.16. The van der Waals surface area contributed by atoms with Gasteiger partial charge in [-0.3, -0.25) is 4.79 Å². The van der Waals surface area contributed by atoms with Crippen LogP contribution in [0.15, 0.2) is 28.3 Å². The van der Waals surface area contributed by atoms with Crippen LogP contribution in [0.3, 0.4) is 0 Å². The molecule has 132 valence electrons. The number of piperidine rings is 1. The maximum Gasteiger partial charge on any atom is 0.256 e. The summed E-state index contributed by atoms with van der Waals surface area (Å²) in [4.78, 5) is 16.5. The Morgan fingerprint density at radius 3 is 2.79 bits per heavy atom. The molecular formula is C16H24N4O3S. The number of fused-ring (bicyclic) bond motifs is 1. The average Bonchev–Trinajstić information content (AvgIpc) is 2.58. The van der Waals surface area contributed by atoms with E-state index in [9.17, 15) is 13.2 Å². The zero-order valence-corrected chi connectivity index (χ0v) is 14.6. The van der Waals surface area contributed by atoms with Gasteiger partial charge in [0.1, 0.15) is 0 Å². The Labute approximate surface area is 143 Å². The van der Waals surface area contributed by atoms with Crippen LogP contribution in [0.2, 0.25) is 0 Å². The number of hydrogen-bond acceptors (Lipinski definition) is 5. The quantitative estimate of drug-likeness (QED) is 0.728. The normalized spacial score (nSPS) is 23.2. The summed E-state index contributed by atoms with van der Waals surface area (Å²) in [5, 5.41) is 2.88. The van der Waals surface area contributed by atoms with E-state index in [1.807, 2.05) is 0 Å². The second-order valence-electron chi connectivity index (χ2n) is 6.33. The molecule has 0 saturated carbocycles. The van der Waals surface area contributed by atoms with Gasteiger partial charge in [-0.15, -0.1) is 4.40 Å². The molecule has 1 fully saturated rings. The van der Waals surface area contributed by atoms with Gasteiger partial charge in [-0.05, 0) is 51.0 Å². The molecule has 0 unspecified atom stereocenters. The Bertz CT molecular complexity index is 675. The third-order valence-corrected chi connectivity index (χ3v) is 5.64. The van der Waals surface area contributed by atoms with Crippen molar-refractivity contribution in [3.63, 3.8) is 0 Å². The maximum absolute atomic E-state index is 12.4. The van der Waals surface area contributed by atoms with E-state index in [1.165, 1.54) is 19.3 Å². The molecule has 1 amide bonds. The molecule has 24 heavy (non-hydrogen) atoms. The summed E-state index contributed by atoms with van der Waals surface area (Å²) in [7, 11) is -3.47. The zero-order chi connectivity index (χ0) is 17.0. The number of likely N-dealkylation sites (tertiary alicyclic amines) is 1. The standard InChI is InChI=1S/C16H24N4O3S/c21-16(17-7-5-10-19-8-2-1-3-9-19)14-6-4-11-20-12-13-24(22,23)18-15(14)20/h4,6,11H,1-3,5,7-10,12-13H2,(H,17,21). The van der Waals surface area contributed by atoms with Gasteiger partial charge in [0.05, 0.1) is 11.3 Å². The first-order chi connectivity index (χ1) is 11.6. The largest absolute Gasteiger partial charge is 0.352 e. The molecule has 7 nitrogen and oxygen atoms in total. The lowest BCUT2D eigenvalue weighted by atomic mass is 10.1. The van der Waals surface area contributed by atoms with E-state index in [1.54, 1.807) is 23.3 Å². The number of hydrogen-bond donors (Lipinski definition) is 1. The molecule has 0 aromatic heterocycles. The van der Waals surface area contributed by atoms with Gasteiger partial charge in [0, 0.05) is 19.3 Å². The van der Waals surface area contributed by atoms with Crippen molar-refractivity contribution in [3.8, 4) is 0 Å². The van der Waals surface area contributed by atoms with Gasteiger partial charge in [0.25, 0.3) is 15.9 Å².